The van der Waals surface area contributed by atoms with Crippen molar-refractivity contribution in [3.63, 3.8) is 0 Å². The summed E-state index contributed by atoms with van der Waals surface area (Å²) in [5, 5.41) is 6.12. The number of carbonyl (C=O) groups excluding carboxylic acids is 2. The van der Waals surface area contributed by atoms with Crippen molar-refractivity contribution in [2.24, 2.45) is 0 Å². The zero-order chi connectivity index (χ0) is 18.5. The molecule has 0 aliphatic rings. The number of amides is 2. The second-order valence-electron chi connectivity index (χ2n) is 5.55. The summed E-state index contributed by atoms with van der Waals surface area (Å²) in [6.07, 6.45) is 3.28. The fourth-order valence-electron chi connectivity index (χ4n) is 2.48. The van der Waals surface area contributed by atoms with E-state index in [0.29, 0.717) is 23.6 Å². The van der Waals surface area contributed by atoms with E-state index in [-0.39, 0.29) is 23.3 Å². The molecule has 26 heavy (non-hydrogen) atoms. The first-order valence-electron chi connectivity index (χ1n) is 7.99. The Morgan fingerprint density at radius 2 is 1.88 bits per heavy atom. The first-order chi connectivity index (χ1) is 12.6. The number of nitrogens with one attached hydrogen (secondary N) is 2. The molecule has 0 aliphatic heterocycles. The molecule has 0 aliphatic carbocycles. The molecule has 0 radical (unpaired) electrons. The molecule has 0 atom stereocenters. The third-order valence-corrected chi connectivity index (χ3v) is 3.99. The van der Waals surface area contributed by atoms with E-state index in [9.17, 15) is 9.59 Å². The van der Waals surface area contributed by atoms with Crippen LogP contribution in [-0.4, -0.2) is 27.7 Å². The van der Waals surface area contributed by atoms with Gasteiger partial charge < -0.3 is 10.6 Å². The van der Waals surface area contributed by atoms with E-state index in [1.807, 2.05) is 12.1 Å². The average Bonchev–Trinajstić information content (AvgIpc) is 3.05. The molecule has 3 rings (SSSR count). The highest BCUT2D eigenvalue weighted by atomic mass is 35.5. The monoisotopic (exact) mass is 368 g/mol. The smallest absolute Gasteiger partial charge is 0.287 e. The topological polar surface area (TPSA) is 75.5 Å². The number of carbonyl (C=O) groups is 2. The van der Waals surface area contributed by atoms with Gasteiger partial charge in [-0.1, -0.05) is 35.9 Å². The Labute approximate surface area is 155 Å². The highest BCUT2D eigenvalue weighted by Crippen LogP contribution is 2.14. The quantitative estimate of drug-likeness (QED) is 0.657. The summed E-state index contributed by atoms with van der Waals surface area (Å²) in [4.78, 5) is 29.1. The minimum absolute atomic E-state index is 0.151. The molecule has 2 heterocycles. The Morgan fingerprint density at radius 1 is 1.12 bits per heavy atom. The number of aromatic nitrogens is 2. The summed E-state index contributed by atoms with van der Waals surface area (Å²) in [5.74, 6) is -0.576. The van der Waals surface area contributed by atoms with Crippen LogP contribution in [0.3, 0.4) is 0 Å². The Bertz CT molecular complexity index is 963. The Hall–Kier alpha value is -3.12. The maximum Gasteiger partial charge on any atom is 0.287 e. The summed E-state index contributed by atoms with van der Waals surface area (Å²) < 4.78 is 1.60. The van der Waals surface area contributed by atoms with Crippen LogP contribution in [0.1, 0.15) is 26.7 Å². The maximum absolute atomic E-state index is 12.6. The summed E-state index contributed by atoms with van der Waals surface area (Å²) >= 11 is 5.86. The molecule has 3 aromatic rings. The van der Waals surface area contributed by atoms with Crippen molar-refractivity contribution in [2.75, 3.05) is 6.54 Å². The van der Waals surface area contributed by atoms with E-state index in [1.165, 1.54) is 0 Å². The molecule has 132 valence electrons. The van der Waals surface area contributed by atoms with E-state index >= 15 is 0 Å². The van der Waals surface area contributed by atoms with Crippen LogP contribution in [0.15, 0.2) is 61.3 Å². The lowest BCUT2D eigenvalue weighted by molar-refractivity contribution is 0.0940. The van der Waals surface area contributed by atoms with Gasteiger partial charge in [-0.05, 0) is 29.8 Å². The normalized spacial score (nSPS) is 10.5. The van der Waals surface area contributed by atoms with Crippen molar-refractivity contribution in [1.29, 1.82) is 0 Å². The molecule has 0 fully saturated rings. The van der Waals surface area contributed by atoms with Crippen LogP contribution < -0.4 is 10.6 Å². The van der Waals surface area contributed by atoms with Crippen LogP contribution in [0.25, 0.3) is 5.52 Å². The lowest BCUT2D eigenvalue weighted by Gasteiger charge is -2.05. The molecule has 0 saturated heterocycles. The molecule has 2 aromatic heterocycles. The van der Waals surface area contributed by atoms with E-state index in [2.05, 4.69) is 22.2 Å². The van der Waals surface area contributed by atoms with Crippen LogP contribution in [0.2, 0.25) is 5.02 Å². The van der Waals surface area contributed by atoms with E-state index in [0.717, 1.165) is 5.56 Å². The summed E-state index contributed by atoms with van der Waals surface area (Å²) in [6, 6.07) is 12.5. The first-order valence-corrected chi connectivity index (χ1v) is 8.37. The number of hydrogen-bond donors (Lipinski definition) is 2. The predicted molar refractivity (Wildman–Crippen MR) is 100 cm³/mol. The molecular formula is C19H17ClN4O2. The third-order valence-electron chi connectivity index (χ3n) is 3.74. The Balaban J connectivity index is 1.84. The molecule has 6 nitrogen and oxygen atoms in total. The molecule has 7 heteroatoms. The SMILES string of the molecule is C=CCNC(=O)c1nc(C(=O)NCc2ccc(Cl)cc2)n2ccccc12. The van der Waals surface area contributed by atoms with Crippen molar-refractivity contribution in [1.82, 2.24) is 20.0 Å². The van der Waals surface area contributed by atoms with Crippen LogP contribution in [0.4, 0.5) is 0 Å². The lowest BCUT2D eigenvalue weighted by atomic mass is 10.2. The zero-order valence-corrected chi connectivity index (χ0v) is 14.7. The number of pyridine rings is 1. The van der Waals surface area contributed by atoms with Gasteiger partial charge in [0.15, 0.2) is 5.69 Å². The van der Waals surface area contributed by atoms with Gasteiger partial charge in [0.25, 0.3) is 11.8 Å². The Morgan fingerprint density at radius 3 is 2.62 bits per heavy atom. The molecule has 0 bridgehead atoms. The minimum Gasteiger partial charge on any atom is -0.347 e. The minimum atomic E-state index is -0.371. The molecule has 2 N–H and O–H groups in total. The number of rotatable bonds is 6. The maximum atomic E-state index is 12.6. The van der Waals surface area contributed by atoms with Crippen molar-refractivity contribution in [3.05, 3.63) is 83.4 Å². The average molecular weight is 369 g/mol. The highest BCUT2D eigenvalue weighted by Gasteiger charge is 2.20. The molecule has 0 saturated carbocycles. The second-order valence-corrected chi connectivity index (χ2v) is 5.98. The van der Waals surface area contributed by atoms with Gasteiger partial charge in [0.05, 0.1) is 5.52 Å². The zero-order valence-electron chi connectivity index (χ0n) is 13.9. The summed E-state index contributed by atoms with van der Waals surface area (Å²) in [6.45, 7) is 4.22. The van der Waals surface area contributed by atoms with Gasteiger partial charge in [-0.3, -0.25) is 14.0 Å². The number of halogens is 1. The highest BCUT2D eigenvalue weighted by molar-refractivity contribution is 6.30. The Kier molecular flexibility index (Phi) is 5.34. The number of nitrogens with zero attached hydrogens (tertiary/aromatic N) is 2. The molecule has 1 aromatic carbocycles. The van der Waals surface area contributed by atoms with Crippen molar-refractivity contribution >= 4 is 28.9 Å². The number of imidazole rings is 1. The number of hydrogen-bond acceptors (Lipinski definition) is 3. The van der Waals surface area contributed by atoms with Crippen LogP contribution >= 0.6 is 11.6 Å². The van der Waals surface area contributed by atoms with E-state index in [4.69, 9.17) is 11.6 Å². The second kappa shape index (κ2) is 7.84. The van der Waals surface area contributed by atoms with Crippen LogP contribution in [-0.2, 0) is 6.54 Å². The molecular weight excluding hydrogens is 352 g/mol. The number of fused-ring (bicyclic) bond motifs is 1. The predicted octanol–water partition coefficient (Wildman–Crippen LogP) is 2.83. The van der Waals surface area contributed by atoms with Gasteiger partial charge >= 0.3 is 0 Å². The molecule has 0 spiro atoms. The molecule has 0 unspecified atom stereocenters. The number of benzene rings is 1. The first kappa shape index (κ1) is 17.7. The van der Waals surface area contributed by atoms with Gasteiger partial charge in [0.1, 0.15) is 0 Å². The van der Waals surface area contributed by atoms with Gasteiger partial charge in [-0.25, -0.2) is 4.98 Å². The van der Waals surface area contributed by atoms with Crippen LogP contribution in [0, 0.1) is 0 Å². The standard InChI is InChI=1S/C19H17ClN4O2/c1-2-10-21-18(25)16-15-5-3-4-11-24(15)17(23-16)19(26)22-12-13-6-8-14(20)9-7-13/h2-9,11H,1,10,12H2,(H,21,25)(H,22,26). The van der Waals surface area contributed by atoms with Crippen molar-refractivity contribution < 1.29 is 9.59 Å². The molecule has 2 amide bonds. The van der Waals surface area contributed by atoms with Gasteiger partial charge in [-0.15, -0.1) is 6.58 Å². The fourth-order valence-corrected chi connectivity index (χ4v) is 2.60. The third kappa shape index (κ3) is 3.75. The van der Waals surface area contributed by atoms with Gasteiger partial charge in [-0.2, -0.15) is 0 Å². The van der Waals surface area contributed by atoms with Crippen molar-refractivity contribution in [3.8, 4) is 0 Å². The summed E-state index contributed by atoms with van der Waals surface area (Å²) in [5.41, 5.74) is 1.67. The van der Waals surface area contributed by atoms with Crippen LogP contribution in [0.5, 0.6) is 0 Å². The lowest BCUT2D eigenvalue weighted by Crippen LogP contribution is -2.26. The van der Waals surface area contributed by atoms with E-state index in [1.54, 1.807) is 47.0 Å². The fraction of sp³-hybridized carbons (Fsp3) is 0.105. The largest absolute Gasteiger partial charge is 0.347 e. The summed E-state index contributed by atoms with van der Waals surface area (Å²) in [7, 11) is 0. The van der Waals surface area contributed by atoms with Gasteiger partial charge in [0, 0.05) is 24.3 Å². The van der Waals surface area contributed by atoms with E-state index < -0.39 is 0 Å². The van der Waals surface area contributed by atoms with Gasteiger partial charge in [0.2, 0.25) is 5.82 Å². The van der Waals surface area contributed by atoms with Crippen molar-refractivity contribution in [2.45, 2.75) is 6.54 Å².